The normalized spacial score (nSPS) is 12.1. The zero-order valence-electron chi connectivity index (χ0n) is 10.5. The Hall–Kier alpha value is -1.04. The van der Waals surface area contributed by atoms with Crippen molar-refractivity contribution in [3.63, 3.8) is 0 Å². The van der Waals surface area contributed by atoms with E-state index in [0.717, 1.165) is 10.2 Å². The first kappa shape index (κ1) is 15.4. The van der Waals surface area contributed by atoms with Crippen molar-refractivity contribution < 1.29 is 8.95 Å². The van der Waals surface area contributed by atoms with E-state index < -0.39 is 10.8 Å². The summed E-state index contributed by atoms with van der Waals surface area (Å²) in [5, 5.41) is 0.421. The van der Waals surface area contributed by atoms with Crippen LogP contribution in [0.5, 0.6) is 5.75 Å². The summed E-state index contributed by atoms with van der Waals surface area (Å²) in [5.74, 6) is 1.15. The molecule has 0 amide bonds. The lowest BCUT2D eigenvalue weighted by molar-refractivity contribution is 0.342. The fraction of sp³-hybridized carbons (Fsp3) is 0.143. The Morgan fingerprint density at radius 2 is 1.90 bits per heavy atom. The minimum absolute atomic E-state index is 0.371. The number of hydrogen-bond donors (Lipinski definition) is 1. The van der Waals surface area contributed by atoms with Crippen molar-refractivity contribution in [3.8, 4) is 5.75 Å². The monoisotopic (exact) mass is 373 g/mol. The zero-order chi connectivity index (χ0) is 14.5. The second kappa shape index (κ2) is 7.11. The highest BCUT2D eigenvalue weighted by molar-refractivity contribution is 9.10. The first-order valence-corrected chi connectivity index (χ1v) is 8.37. The molecule has 2 aromatic rings. The summed E-state index contributed by atoms with van der Waals surface area (Å²) < 4.78 is 18.6. The van der Waals surface area contributed by atoms with Crippen LogP contribution in [0.1, 0.15) is 0 Å². The Morgan fingerprint density at radius 3 is 2.55 bits per heavy atom. The molecule has 0 fully saturated rings. The Labute approximate surface area is 133 Å². The SMILES string of the molecule is Nc1ccc(S(=O)CCOc2ccc(Br)cc2)cc1Cl. The van der Waals surface area contributed by atoms with Crippen molar-refractivity contribution in [3.05, 3.63) is 52.0 Å². The molecule has 2 N–H and O–H groups in total. The number of rotatable bonds is 5. The van der Waals surface area contributed by atoms with Gasteiger partial charge in [0.2, 0.25) is 0 Å². The Kier molecular flexibility index (Phi) is 5.46. The Morgan fingerprint density at radius 1 is 1.20 bits per heavy atom. The number of ether oxygens (including phenoxy) is 1. The van der Waals surface area contributed by atoms with E-state index >= 15 is 0 Å². The maximum atomic E-state index is 12.1. The summed E-state index contributed by atoms with van der Waals surface area (Å²) in [6.45, 7) is 0.371. The van der Waals surface area contributed by atoms with Gasteiger partial charge in [0.25, 0.3) is 0 Å². The highest BCUT2D eigenvalue weighted by atomic mass is 79.9. The van der Waals surface area contributed by atoms with Gasteiger partial charge < -0.3 is 10.5 Å². The van der Waals surface area contributed by atoms with Gasteiger partial charge in [-0.25, -0.2) is 0 Å². The summed E-state index contributed by atoms with van der Waals surface area (Å²) in [7, 11) is -1.15. The smallest absolute Gasteiger partial charge is 0.119 e. The van der Waals surface area contributed by atoms with Crippen LogP contribution in [-0.2, 0) is 10.8 Å². The summed E-state index contributed by atoms with van der Waals surface area (Å²) in [6, 6.07) is 12.5. The molecular formula is C14H13BrClNO2S. The number of halogens is 2. The molecular weight excluding hydrogens is 362 g/mol. The number of benzene rings is 2. The molecule has 0 heterocycles. The van der Waals surface area contributed by atoms with E-state index in [4.69, 9.17) is 22.1 Å². The van der Waals surface area contributed by atoms with E-state index in [0.29, 0.717) is 28.0 Å². The second-order valence-corrected chi connectivity index (χ2v) is 6.93. The first-order chi connectivity index (χ1) is 9.56. The fourth-order valence-electron chi connectivity index (χ4n) is 1.53. The molecule has 0 aliphatic heterocycles. The number of anilines is 1. The quantitative estimate of drug-likeness (QED) is 0.808. The van der Waals surface area contributed by atoms with Crippen LogP contribution < -0.4 is 10.5 Å². The van der Waals surface area contributed by atoms with Gasteiger partial charge in [-0.05, 0) is 42.5 Å². The Bertz CT molecular complexity index is 619. The third-order valence-electron chi connectivity index (χ3n) is 2.59. The van der Waals surface area contributed by atoms with Gasteiger partial charge in [-0.2, -0.15) is 0 Å². The fourth-order valence-corrected chi connectivity index (χ4v) is 2.98. The van der Waals surface area contributed by atoms with Crippen molar-refractivity contribution in [2.45, 2.75) is 4.90 Å². The molecule has 0 radical (unpaired) electrons. The van der Waals surface area contributed by atoms with Crippen molar-refractivity contribution in [2.75, 3.05) is 18.1 Å². The summed E-state index contributed by atoms with van der Waals surface area (Å²) >= 11 is 9.26. The molecule has 0 aliphatic carbocycles. The molecule has 0 saturated carbocycles. The predicted molar refractivity (Wildman–Crippen MR) is 86.8 cm³/mol. The van der Waals surface area contributed by atoms with Crippen molar-refractivity contribution in [1.29, 1.82) is 0 Å². The molecule has 0 saturated heterocycles. The van der Waals surface area contributed by atoms with Crippen LogP contribution >= 0.6 is 27.5 Å². The van der Waals surface area contributed by atoms with Gasteiger partial charge in [-0.15, -0.1) is 0 Å². The average molecular weight is 375 g/mol. The summed E-state index contributed by atoms with van der Waals surface area (Å²) in [4.78, 5) is 0.656. The molecule has 0 spiro atoms. The van der Waals surface area contributed by atoms with Crippen LogP contribution in [0.2, 0.25) is 5.02 Å². The van der Waals surface area contributed by atoms with Gasteiger partial charge in [0.15, 0.2) is 0 Å². The van der Waals surface area contributed by atoms with E-state index in [1.165, 1.54) is 0 Å². The van der Waals surface area contributed by atoms with E-state index in [-0.39, 0.29) is 0 Å². The second-order valence-electron chi connectivity index (χ2n) is 4.04. The molecule has 2 aromatic carbocycles. The van der Waals surface area contributed by atoms with E-state index in [1.54, 1.807) is 18.2 Å². The van der Waals surface area contributed by atoms with Gasteiger partial charge in [-0.1, -0.05) is 27.5 Å². The van der Waals surface area contributed by atoms with E-state index in [2.05, 4.69) is 15.9 Å². The Balaban J connectivity index is 1.88. The van der Waals surface area contributed by atoms with Gasteiger partial charge >= 0.3 is 0 Å². The lowest BCUT2D eigenvalue weighted by Gasteiger charge is -2.07. The van der Waals surface area contributed by atoms with E-state index in [1.807, 2.05) is 24.3 Å². The largest absolute Gasteiger partial charge is 0.493 e. The number of nitrogen functional groups attached to an aromatic ring is 1. The molecule has 1 atom stereocenters. The molecule has 1 unspecified atom stereocenters. The third-order valence-corrected chi connectivity index (χ3v) is 4.76. The average Bonchev–Trinajstić information content (AvgIpc) is 2.44. The van der Waals surface area contributed by atoms with Gasteiger partial charge in [-0.3, -0.25) is 4.21 Å². The molecule has 6 heteroatoms. The lowest BCUT2D eigenvalue weighted by atomic mass is 10.3. The highest BCUT2D eigenvalue weighted by Gasteiger charge is 2.06. The van der Waals surface area contributed by atoms with Gasteiger partial charge in [0.05, 0.1) is 27.3 Å². The molecule has 0 bridgehead atoms. The third kappa shape index (κ3) is 4.23. The standard InChI is InChI=1S/C14H13BrClNO2S/c15-10-1-3-11(4-2-10)19-7-8-20(18)12-5-6-14(17)13(16)9-12/h1-6,9H,7-8,17H2. The molecule has 0 aromatic heterocycles. The maximum absolute atomic E-state index is 12.1. The predicted octanol–water partition coefficient (Wildman–Crippen LogP) is 3.87. The van der Waals surface area contributed by atoms with Crippen LogP contribution in [0.25, 0.3) is 0 Å². The number of nitrogens with two attached hydrogens (primary N) is 1. The van der Waals surface area contributed by atoms with Crippen LogP contribution in [0.4, 0.5) is 5.69 Å². The lowest BCUT2D eigenvalue weighted by Crippen LogP contribution is -2.08. The van der Waals surface area contributed by atoms with Crippen LogP contribution in [-0.4, -0.2) is 16.6 Å². The van der Waals surface area contributed by atoms with Crippen LogP contribution in [0, 0.1) is 0 Å². The molecule has 3 nitrogen and oxygen atoms in total. The van der Waals surface area contributed by atoms with Gasteiger partial charge in [0.1, 0.15) is 12.4 Å². The maximum Gasteiger partial charge on any atom is 0.119 e. The minimum Gasteiger partial charge on any atom is -0.493 e. The zero-order valence-corrected chi connectivity index (χ0v) is 13.7. The highest BCUT2D eigenvalue weighted by Crippen LogP contribution is 2.22. The van der Waals surface area contributed by atoms with Crippen molar-refractivity contribution in [2.24, 2.45) is 0 Å². The summed E-state index contributed by atoms with van der Waals surface area (Å²) in [6.07, 6.45) is 0. The molecule has 0 aliphatic rings. The van der Waals surface area contributed by atoms with Crippen molar-refractivity contribution >= 4 is 44.0 Å². The van der Waals surface area contributed by atoms with Crippen LogP contribution in [0.15, 0.2) is 51.8 Å². The van der Waals surface area contributed by atoms with Crippen LogP contribution in [0.3, 0.4) is 0 Å². The minimum atomic E-state index is -1.15. The topological polar surface area (TPSA) is 52.3 Å². The van der Waals surface area contributed by atoms with Gasteiger partial charge in [0, 0.05) is 9.37 Å². The summed E-state index contributed by atoms with van der Waals surface area (Å²) in [5.41, 5.74) is 6.10. The first-order valence-electron chi connectivity index (χ1n) is 5.88. The number of hydrogen-bond acceptors (Lipinski definition) is 3. The molecule has 20 heavy (non-hydrogen) atoms. The molecule has 2 rings (SSSR count). The molecule has 106 valence electrons. The van der Waals surface area contributed by atoms with E-state index in [9.17, 15) is 4.21 Å². The van der Waals surface area contributed by atoms with Crippen molar-refractivity contribution in [1.82, 2.24) is 0 Å².